The van der Waals surface area contributed by atoms with Crippen LogP contribution in [0.15, 0.2) is 40.6 Å². The summed E-state index contributed by atoms with van der Waals surface area (Å²) in [6, 6.07) is 6.89. The van der Waals surface area contributed by atoms with Crippen LogP contribution in [-0.2, 0) is 9.84 Å². The second kappa shape index (κ2) is 5.30. The van der Waals surface area contributed by atoms with E-state index < -0.39 is 9.84 Å². The normalized spacial score (nSPS) is 11.4. The maximum Gasteiger partial charge on any atom is 0.202 e. The summed E-state index contributed by atoms with van der Waals surface area (Å²) < 4.78 is 24.1. The van der Waals surface area contributed by atoms with Crippen molar-refractivity contribution < 1.29 is 8.42 Å². The Labute approximate surface area is 97.9 Å². The van der Waals surface area contributed by atoms with Crippen LogP contribution in [-0.4, -0.2) is 8.42 Å². The molecule has 0 fully saturated rings. The summed E-state index contributed by atoms with van der Waals surface area (Å²) >= 11 is 0. The zero-order chi connectivity index (χ0) is 12.2. The summed E-state index contributed by atoms with van der Waals surface area (Å²) in [6.45, 7) is 7.64. The summed E-state index contributed by atoms with van der Waals surface area (Å²) in [6.07, 6.45) is 2.39. The third-order valence-corrected chi connectivity index (χ3v) is 4.38. The first-order valence-corrected chi connectivity index (χ1v) is 6.96. The zero-order valence-electron chi connectivity index (χ0n) is 9.86. The van der Waals surface area contributed by atoms with Crippen LogP contribution in [0.25, 0.3) is 0 Å². The fourth-order valence-electron chi connectivity index (χ4n) is 1.39. The molecule has 0 N–H and O–H groups in total. The minimum Gasteiger partial charge on any atom is -0.219 e. The molecule has 0 aliphatic heterocycles. The fraction of sp³-hybridized carbons (Fsp3) is 0.385. The maximum atomic E-state index is 12.0. The van der Waals surface area contributed by atoms with E-state index >= 15 is 0 Å². The number of hydrogen-bond donors (Lipinski definition) is 0. The number of unbranched alkanes of at least 4 members (excludes halogenated alkanes) is 1. The highest BCUT2D eigenvalue weighted by Gasteiger charge is 2.17. The van der Waals surface area contributed by atoms with Crippen LogP contribution in [0.1, 0.15) is 31.7 Å². The molecule has 0 radical (unpaired) electrons. The Balaban J connectivity index is 2.93. The molecule has 0 aromatic heterocycles. The van der Waals surface area contributed by atoms with Gasteiger partial charge in [0.15, 0.2) is 0 Å². The van der Waals surface area contributed by atoms with Gasteiger partial charge in [0, 0.05) is 4.91 Å². The molecule has 0 bridgehead atoms. The van der Waals surface area contributed by atoms with Gasteiger partial charge in [0.25, 0.3) is 0 Å². The second-order valence-electron chi connectivity index (χ2n) is 3.96. The average Bonchev–Trinajstić information content (AvgIpc) is 2.26. The Morgan fingerprint density at radius 3 is 2.31 bits per heavy atom. The largest absolute Gasteiger partial charge is 0.219 e. The summed E-state index contributed by atoms with van der Waals surface area (Å²) in [5.41, 5.74) is 1.05. The molecule has 0 saturated carbocycles. The predicted octanol–water partition coefficient (Wildman–Crippen LogP) is 3.47. The smallest absolute Gasteiger partial charge is 0.202 e. The van der Waals surface area contributed by atoms with Crippen LogP contribution in [0.3, 0.4) is 0 Å². The Morgan fingerprint density at radius 1 is 1.25 bits per heavy atom. The standard InChI is InChI=1S/C13H18O2S/c1-4-5-6-12(3)16(14,15)13-9-7-11(2)8-10-13/h7-10H,3-6H2,1-2H3. The topological polar surface area (TPSA) is 34.1 Å². The molecular weight excluding hydrogens is 220 g/mol. The third kappa shape index (κ3) is 2.95. The number of aryl methyl sites for hydroxylation is 1. The number of allylic oxidation sites excluding steroid dienone is 1. The molecule has 0 heterocycles. The summed E-state index contributed by atoms with van der Waals surface area (Å²) in [5, 5.41) is 0. The first-order chi connectivity index (χ1) is 7.48. The molecule has 0 unspecified atom stereocenters. The van der Waals surface area contributed by atoms with Gasteiger partial charge in [-0.3, -0.25) is 0 Å². The van der Waals surface area contributed by atoms with Crippen molar-refractivity contribution in [2.24, 2.45) is 0 Å². The van der Waals surface area contributed by atoms with Gasteiger partial charge >= 0.3 is 0 Å². The average molecular weight is 238 g/mol. The van der Waals surface area contributed by atoms with E-state index in [1.54, 1.807) is 24.3 Å². The molecule has 1 aromatic carbocycles. The van der Waals surface area contributed by atoms with Crippen molar-refractivity contribution in [2.45, 2.75) is 38.0 Å². The van der Waals surface area contributed by atoms with Crippen molar-refractivity contribution in [3.05, 3.63) is 41.3 Å². The van der Waals surface area contributed by atoms with Gasteiger partial charge in [-0.2, -0.15) is 0 Å². The van der Waals surface area contributed by atoms with E-state index in [1.807, 2.05) is 13.8 Å². The van der Waals surface area contributed by atoms with E-state index in [0.29, 0.717) is 16.2 Å². The Hall–Kier alpha value is -1.09. The lowest BCUT2D eigenvalue weighted by molar-refractivity contribution is 0.599. The molecular formula is C13H18O2S. The van der Waals surface area contributed by atoms with Gasteiger partial charge in [-0.05, 0) is 31.9 Å². The molecule has 3 heteroatoms. The molecule has 0 spiro atoms. The summed E-state index contributed by atoms with van der Waals surface area (Å²) in [5.74, 6) is 0. The van der Waals surface area contributed by atoms with Crippen molar-refractivity contribution in [3.63, 3.8) is 0 Å². The van der Waals surface area contributed by atoms with Crippen LogP contribution < -0.4 is 0 Å². The van der Waals surface area contributed by atoms with Crippen molar-refractivity contribution in [2.75, 3.05) is 0 Å². The van der Waals surface area contributed by atoms with Gasteiger partial charge in [-0.1, -0.05) is 37.6 Å². The van der Waals surface area contributed by atoms with Crippen LogP contribution in [0.4, 0.5) is 0 Å². The monoisotopic (exact) mass is 238 g/mol. The van der Waals surface area contributed by atoms with Crippen molar-refractivity contribution in [1.29, 1.82) is 0 Å². The first kappa shape index (κ1) is 13.0. The highest BCUT2D eigenvalue weighted by Crippen LogP contribution is 2.22. The zero-order valence-corrected chi connectivity index (χ0v) is 10.7. The highest BCUT2D eigenvalue weighted by atomic mass is 32.2. The van der Waals surface area contributed by atoms with Gasteiger partial charge < -0.3 is 0 Å². The number of hydrogen-bond acceptors (Lipinski definition) is 2. The molecule has 0 amide bonds. The van der Waals surface area contributed by atoms with E-state index in [4.69, 9.17) is 0 Å². The van der Waals surface area contributed by atoms with Gasteiger partial charge in [-0.15, -0.1) is 0 Å². The lowest BCUT2D eigenvalue weighted by Crippen LogP contribution is -2.03. The second-order valence-corrected chi connectivity index (χ2v) is 6.01. The quantitative estimate of drug-likeness (QED) is 0.787. The van der Waals surface area contributed by atoms with E-state index in [0.717, 1.165) is 18.4 Å². The van der Waals surface area contributed by atoms with Crippen LogP contribution >= 0.6 is 0 Å². The van der Waals surface area contributed by atoms with Crippen LogP contribution in [0, 0.1) is 6.92 Å². The molecule has 2 nitrogen and oxygen atoms in total. The molecule has 88 valence electrons. The van der Waals surface area contributed by atoms with E-state index in [2.05, 4.69) is 6.58 Å². The maximum absolute atomic E-state index is 12.0. The predicted molar refractivity (Wildman–Crippen MR) is 67.0 cm³/mol. The Bertz CT molecular complexity index is 455. The van der Waals surface area contributed by atoms with Crippen LogP contribution in [0.5, 0.6) is 0 Å². The molecule has 0 atom stereocenters. The molecule has 0 aliphatic carbocycles. The molecule has 16 heavy (non-hydrogen) atoms. The third-order valence-electron chi connectivity index (χ3n) is 2.52. The van der Waals surface area contributed by atoms with Gasteiger partial charge in [0.2, 0.25) is 9.84 Å². The lowest BCUT2D eigenvalue weighted by atomic mass is 10.2. The Kier molecular flexibility index (Phi) is 4.30. The van der Waals surface area contributed by atoms with E-state index in [-0.39, 0.29) is 0 Å². The molecule has 1 aromatic rings. The number of benzene rings is 1. The van der Waals surface area contributed by atoms with Gasteiger partial charge in [0.05, 0.1) is 4.90 Å². The van der Waals surface area contributed by atoms with Crippen molar-refractivity contribution in [3.8, 4) is 0 Å². The van der Waals surface area contributed by atoms with E-state index in [1.165, 1.54) is 0 Å². The minimum atomic E-state index is -3.32. The van der Waals surface area contributed by atoms with Gasteiger partial charge in [0.1, 0.15) is 0 Å². The van der Waals surface area contributed by atoms with Gasteiger partial charge in [-0.25, -0.2) is 8.42 Å². The lowest BCUT2D eigenvalue weighted by Gasteiger charge is -2.07. The minimum absolute atomic E-state index is 0.318. The molecule has 0 aliphatic rings. The highest BCUT2D eigenvalue weighted by molar-refractivity contribution is 7.95. The summed E-state index contributed by atoms with van der Waals surface area (Å²) in [4.78, 5) is 0.664. The number of sulfone groups is 1. The Morgan fingerprint density at radius 2 is 1.81 bits per heavy atom. The first-order valence-electron chi connectivity index (χ1n) is 5.48. The fourth-order valence-corrected chi connectivity index (χ4v) is 2.63. The molecule has 1 rings (SSSR count). The number of rotatable bonds is 5. The van der Waals surface area contributed by atoms with E-state index in [9.17, 15) is 8.42 Å². The van der Waals surface area contributed by atoms with Crippen molar-refractivity contribution >= 4 is 9.84 Å². The SMILES string of the molecule is C=C(CCCC)S(=O)(=O)c1ccc(C)cc1. The van der Waals surface area contributed by atoms with Crippen molar-refractivity contribution in [1.82, 2.24) is 0 Å². The van der Waals surface area contributed by atoms with Crippen LogP contribution in [0.2, 0.25) is 0 Å². The molecule has 0 saturated heterocycles. The summed E-state index contributed by atoms with van der Waals surface area (Å²) in [7, 11) is -3.32.